The maximum Gasteiger partial charge on any atom is 0.0574 e. The summed E-state index contributed by atoms with van der Waals surface area (Å²) in [6, 6.07) is 0.0746. The van der Waals surface area contributed by atoms with E-state index in [2.05, 4.69) is 112 Å². The van der Waals surface area contributed by atoms with Gasteiger partial charge in [-0.25, -0.2) is 0 Å². The summed E-state index contributed by atoms with van der Waals surface area (Å²) < 4.78 is 0. The molecule has 198 valence electrons. The molecule has 0 bridgehead atoms. The summed E-state index contributed by atoms with van der Waals surface area (Å²) in [6.07, 6.45) is 35.2. The SMILES string of the molecule is C=C/C=N\C=C\C(C/C=C\C)N(/C(C=C)=C/C=C\C)C(=C/CC)/C(/C=C\C)=C1\CC2=C(CCCC2)C1C. The van der Waals surface area contributed by atoms with E-state index >= 15 is 0 Å². The summed E-state index contributed by atoms with van der Waals surface area (Å²) in [5, 5.41) is 0. The van der Waals surface area contributed by atoms with Crippen molar-refractivity contribution < 1.29 is 0 Å². The van der Waals surface area contributed by atoms with E-state index in [1.54, 1.807) is 29.0 Å². The Balaban J connectivity index is 2.79. The fourth-order valence-corrected chi connectivity index (χ4v) is 5.45. The van der Waals surface area contributed by atoms with Crippen molar-refractivity contribution in [3.05, 3.63) is 120 Å². The van der Waals surface area contributed by atoms with Crippen LogP contribution in [0.15, 0.2) is 125 Å². The lowest BCUT2D eigenvalue weighted by Gasteiger charge is -2.36. The molecule has 0 saturated heterocycles. The lowest BCUT2D eigenvalue weighted by Crippen LogP contribution is -2.33. The van der Waals surface area contributed by atoms with Crippen LogP contribution in [0.4, 0.5) is 0 Å². The van der Waals surface area contributed by atoms with Crippen molar-refractivity contribution in [2.45, 2.75) is 85.6 Å². The molecule has 0 amide bonds. The van der Waals surface area contributed by atoms with E-state index in [1.165, 1.54) is 37.0 Å². The minimum Gasteiger partial charge on any atom is -0.334 e. The standard InChI is InChI=1S/C35H48N2/c1-8-14-21-30(13-6)37(31(22-15-9-2)24-26-36-25-12-5)35(19-11-4)33(18-10-3)34-27-29-20-16-17-23-32(29)28(34)7/h8-10,12-15,18-19,21,24-26,28,31H,5-6,11,16-17,20,22-23,27H2,1-4,7H3/b14-8-,15-9-,18-10-,26-24+,30-21+,34-33+,35-19+,36-25-. The molecule has 0 aromatic carbocycles. The van der Waals surface area contributed by atoms with Gasteiger partial charge in [0, 0.05) is 23.8 Å². The molecule has 0 aliphatic heterocycles. The van der Waals surface area contributed by atoms with E-state index < -0.39 is 0 Å². The van der Waals surface area contributed by atoms with Gasteiger partial charge >= 0.3 is 0 Å². The van der Waals surface area contributed by atoms with Gasteiger partial charge in [-0.05, 0) is 101 Å². The Hall–Kier alpha value is -3.13. The van der Waals surface area contributed by atoms with Gasteiger partial charge in [0.1, 0.15) is 0 Å². The number of hydrogen-bond donors (Lipinski definition) is 0. The maximum absolute atomic E-state index is 4.41. The Labute approximate surface area is 227 Å². The Bertz CT molecular complexity index is 1050. The minimum absolute atomic E-state index is 0.0746. The lowest BCUT2D eigenvalue weighted by molar-refractivity contribution is 0.378. The predicted molar refractivity (Wildman–Crippen MR) is 165 cm³/mol. The van der Waals surface area contributed by atoms with Gasteiger partial charge in [0.25, 0.3) is 0 Å². The van der Waals surface area contributed by atoms with E-state index in [9.17, 15) is 0 Å². The smallest absolute Gasteiger partial charge is 0.0574 e. The quantitative estimate of drug-likeness (QED) is 0.141. The topological polar surface area (TPSA) is 15.6 Å². The summed E-state index contributed by atoms with van der Waals surface area (Å²) in [7, 11) is 0. The molecular weight excluding hydrogens is 448 g/mol. The Kier molecular flexibility index (Phi) is 13.5. The Morgan fingerprint density at radius 1 is 1.11 bits per heavy atom. The van der Waals surface area contributed by atoms with Crippen molar-refractivity contribution in [1.82, 2.24) is 4.90 Å². The van der Waals surface area contributed by atoms with Crippen molar-refractivity contribution in [2.24, 2.45) is 10.9 Å². The molecule has 0 aromatic rings. The number of rotatable bonds is 13. The van der Waals surface area contributed by atoms with Gasteiger partial charge in [-0.2, -0.15) is 0 Å². The molecule has 0 spiro atoms. The zero-order chi connectivity index (χ0) is 27.0. The monoisotopic (exact) mass is 496 g/mol. The van der Waals surface area contributed by atoms with E-state index in [1.807, 2.05) is 12.3 Å². The molecule has 0 heterocycles. The average Bonchev–Trinajstić information content (AvgIpc) is 3.25. The van der Waals surface area contributed by atoms with E-state index in [0.29, 0.717) is 5.92 Å². The summed E-state index contributed by atoms with van der Waals surface area (Å²) in [6.45, 7) is 18.9. The highest BCUT2D eigenvalue weighted by atomic mass is 15.2. The van der Waals surface area contributed by atoms with Crippen LogP contribution in [0, 0.1) is 5.92 Å². The normalized spacial score (nSPS) is 21.7. The van der Waals surface area contributed by atoms with E-state index in [-0.39, 0.29) is 6.04 Å². The molecule has 2 nitrogen and oxygen atoms in total. The first-order valence-electron chi connectivity index (χ1n) is 14.0. The summed E-state index contributed by atoms with van der Waals surface area (Å²) in [5.41, 5.74) is 8.63. The van der Waals surface area contributed by atoms with Crippen LogP contribution in [-0.2, 0) is 0 Å². The first-order chi connectivity index (χ1) is 18.1. The largest absolute Gasteiger partial charge is 0.334 e. The van der Waals surface area contributed by atoms with E-state index in [0.717, 1.165) is 25.0 Å². The molecule has 2 aliphatic rings. The predicted octanol–water partition coefficient (Wildman–Crippen LogP) is 10.1. The van der Waals surface area contributed by atoms with Crippen LogP contribution in [-0.4, -0.2) is 17.2 Å². The lowest BCUT2D eigenvalue weighted by atomic mass is 9.88. The highest BCUT2D eigenvalue weighted by molar-refractivity contribution is 5.70. The van der Waals surface area contributed by atoms with Crippen LogP contribution in [0.1, 0.15) is 79.6 Å². The maximum atomic E-state index is 4.41. The van der Waals surface area contributed by atoms with Crippen molar-refractivity contribution in [1.29, 1.82) is 0 Å². The molecule has 2 heteroatoms. The first-order valence-corrected chi connectivity index (χ1v) is 14.0. The molecule has 37 heavy (non-hydrogen) atoms. The van der Waals surface area contributed by atoms with Crippen molar-refractivity contribution in [3.63, 3.8) is 0 Å². The van der Waals surface area contributed by atoms with Crippen LogP contribution in [0.3, 0.4) is 0 Å². The molecule has 0 N–H and O–H groups in total. The van der Waals surface area contributed by atoms with Gasteiger partial charge in [0.15, 0.2) is 0 Å². The van der Waals surface area contributed by atoms with Gasteiger partial charge in [0.05, 0.1) is 6.04 Å². The average molecular weight is 497 g/mol. The summed E-state index contributed by atoms with van der Waals surface area (Å²) in [4.78, 5) is 6.87. The third-order valence-corrected chi connectivity index (χ3v) is 7.17. The fourth-order valence-electron chi connectivity index (χ4n) is 5.45. The van der Waals surface area contributed by atoms with Crippen LogP contribution < -0.4 is 0 Å². The van der Waals surface area contributed by atoms with Crippen LogP contribution in [0.2, 0.25) is 0 Å². The molecule has 0 fully saturated rings. The second kappa shape index (κ2) is 16.6. The second-order valence-electron chi connectivity index (χ2n) is 9.61. The fraction of sp³-hybridized carbons (Fsp3) is 0.400. The molecule has 2 atom stereocenters. The summed E-state index contributed by atoms with van der Waals surface area (Å²) >= 11 is 0. The second-order valence-corrected chi connectivity index (χ2v) is 9.61. The summed E-state index contributed by atoms with van der Waals surface area (Å²) in [5.74, 6) is 0.497. The first kappa shape index (κ1) is 30.1. The van der Waals surface area contributed by atoms with Gasteiger partial charge in [-0.15, -0.1) is 0 Å². The van der Waals surface area contributed by atoms with Crippen molar-refractivity contribution in [3.8, 4) is 0 Å². The van der Waals surface area contributed by atoms with Gasteiger partial charge in [0.2, 0.25) is 0 Å². The van der Waals surface area contributed by atoms with Crippen molar-refractivity contribution >= 4 is 6.21 Å². The molecule has 0 radical (unpaired) electrons. The van der Waals surface area contributed by atoms with Gasteiger partial charge in [-0.3, -0.25) is 4.99 Å². The zero-order valence-corrected chi connectivity index (χ0v) is 23.9. The van der Waals surface area contributed by atoms with Gasteiger partial charge < -0.3 is 4.90 Å². The molecule has 2 rings (SSSR count). The van der Waals surface area contributed by atoms with Crippen LogP contribution in [0.25, 0.3) is 0 Å². The van der Waals surface area contributed by atoms with Gasteiger partial charge in [-0.1, -0.05) is 86.8 Å². The number of hydrogen-bond acceptors (Lipinski definition) is 2. The van der Waals surface area contributed by atoms with E-state index in [4.69, 9.17) is 0 Å². The Morgan fingerprint density at radius 2 is 1.89 bits per heavy atom. The highest BCUT2D eigenvalue weighted by Crippen LogP contribution is 2.47. The van der Waals surface area contributed by atoms with Crippen LogP contribution >= 0.6 is 0 Å². The zero-order valence-electron chi connectivity index (χ0n) is 23.9. The Morgan fingerprint density at radius 3 is 2.51 bits per heavy atom. The third kappa shape index (κ3) is 8.18. The molecule has 2 unspecified atom stereocenters. The van der Waals surface area contributed by atoms with Crippen molar-refractivity contribution in [2.75, 3.05) is 0 Å². The third-order valence-electron chi connectivity index (χ3n) is 7.17. The number of allylic oxidation sites excluding steroid dienone is 12. The molecule has 2 aliphatic carbocycles. The molecule has 0 aromatic heterocycles. The molecule has 0 saturated carbocycles. The molecular formula is C35H48N2. The minimum atomic E-state index is 0.0746. The highest BCUT2D eigenvalue weighted by Gasteiger charge is 2.32. The van der Waals surface area contributed by atoms with Crippen LogP contribution in [0.5, 0.6) is 0 Å². The number of aliphatic imine (C=N–C) groups is 1. The number of nitrogens with zero attached hydrogens (tertiary/aromatic N) is 2.